The molecule has 0 saturated heterocycles. The van der Waals surface area contributed by atoms with Crippen LogP contribution in [0.25, 0.3) is 0 Å². The normalized spacial score (nSPS) is 11.8. The fraction of sp³-hybridized carbons (Fsp3) is 0.467. The van der Waals surface area contributed by atoms with Crippen LogP contribution >= 0.6 is 0 Å². The smallest absolute Gasteiger partial charge is 0.260 e. The lowest BCUT2D eigenvalue weighted by Crippen LogP contribution is -2.48. The van der Waals surface area contributed by atoms with E-state index in [2.05, 4.69) is 16.2 Å². The fourth-order valence-corrected chi connectivity index (χ4v) is 1.88. The van der Waals surface area contributed by atoms with Crippen LogP contribution in [0.2, 0.25) is 0 Å². The molecule has 1 atom stereocenters. The van der Waals surface area contributed by atoms with E-state index in [0.29, 0.717) is 12.3 Å². The molecule has 0 bridgehead atoms. The minimum absolute atomic E-state index is 0.207. The molecule has 0 aliphatic rings. The van der Waals surface area contributed by atoms with Gasteiger partial charge < -0.3 is 5.32 Å². The number of carbonyl (C=O) groups excluding carboxylic acids is 2. The number of carbonyl (C=O) groups is 2. The minimum atomic E-state index is -0.524. The third-order valence-corrected chi connectivity index (χ3v) is 2.87. The van der Waals surface area contributed by atoms with Crippen molar-refractivity contribution in [1.82, 2.24) is 10.7 Å². The van der Waals surface area contributed by atoms with Crippen LogP contribution in [0.15, 0.2) is 24.3 Å². The SMILES string of the molecule is CC(=O)N[C@@H](CC(C)C)C(=O)NNc1ccccc1C. The molecule has 0 unspecified atom stereocenters. The summed E-state index contributed by atoms with van der Waals surface area (Å²) in [5.74, 6) is -0.130. The molecule has 2 amide bonds. The van der Waals surface area contributed by atoms with E-state index in [1.165, 1.54) is 6.92 Å². The zero-order valence-corrected chi connectivity index (χ0v) is 12.5. The zero-order chi connectivity index (χ0) is 15.1. The van der Waals surface area contributed by atoms with Gasteiger partial charge in [-0.15, -0.1) is 0 Å². The largest absolute Gasteiger partial charge is 0.344 e. The Morgan fingerprint density at radius 1 is 1.20 bits per heavy atom. The van der Waals surface area contributed by atoms with Crippen molar-refractivity contribution in [3.8, 4) is 0 Å². The summed E-state index contributed by atoms with van der Waals surface area (Å²) < 4.78 is 0. The number of anilines is 1. The summed E-state index contributed by atoms with van der Waals surface area (Å²) >= 11 is 0. The van der Waals surface area contributed by atoms with Gasteiger partial charge in [-0.1, -0.05) is 32.0 Å². The average molecular weight is 277 g/mol. The van der Waals surface area contributed by atoms with Gasteiger partial charge in [-0.3, -0.25) is 20.4 Å². The van der Waals surface area contributed by atoms with Crippen LogP contribution in [0.3, 0.4) is 0 Å². The van der Waals surface area contributed by atoms with Crippen molar-refractivity contribution in [2.75, 3.05) is 5.43 Å². The number of amides is 2. The van der Waals surface area contributed by atoms with Crippen LogP contribution in [0.1, 0.15) is 32.8 Å². The van der Waals surface area contributed by atoms with E-state index in [1.54, 1.807) is 0 Å². The minimum Gasteiger partial charge on any atom is -0.344 e. The number of para-hydroxylation sites is 1. The lowest BCUT2D eigenvalue weighted by Gasteiger charge is -2.20. The molecule has 0 aliphatic heterocycles. The summed E-state index contributed by atoms with van der Waals surface area (Å²) in [6.07, 6.45) is 0.598. The van der Waals surface area contributed by atoms with Gasteiger partial charge in [0.2, 0.25) is 5.91 Å². The van der Waals surface area contributed by atoms with E-state index in [0.717, 1.165) is 11.3 Å². The van der Waals surface area contributed by atoms with Gasteiger partial charge in [-0.25, -0.2) is 0 Å². The zero-order valence-electron chi connectivity index (χ0n) is 12.5. The Morgan fingerprint density at radius 2 is 1.85 bits per heavy atom. The molecule has 0 fully saturated rings. The number of hydrogen-bond donors (Lipinski definition) is 3. The highest BCUT2D eigenvalue weighted by Crippen LogP contribution is 2.12. The molecule has 1 rings (SSSR count). The molecular formula is C15H23N3O2. The van der Waals surface area contributed by atoms with Crippen LogP contribution in [-0.4, -0.2) is 17.9 Å². The van der Waals surface area contributed by atoms with Crippen LogP contribution in [0, 0.1) is 12.8 Å². The molecule has 1 aromatic rings. The van der Waals surface area contributed by atoms with Gasteiger partial charge in [0, 0.05) is 6.92 Å². The summed E-state index contributed by atoms with van der Waals surface area (Å²) in [5.41, 5.74) is 7.41. The number of benzene rings is 1. The molecule has 5 heteroatoms. The van der Waals surface area contributed by atoms with E-state index < -0.39 is 6.04 Å². The van der Waals surface area contributed by atoms with Crippen LogP contribution in [0.4, 0.5) is 5.69 Å². The molecule has 0 aliphatic carbocycles. The lowest BCUT2D eigenvalue weighted by atomic mass is 10.0. The Balaban J connectivity index is 2.62. The van der Waals surface area contributed by atoms with Gasteiger partial charge in [-0.2, -0.15) is 0 Å². The van der Waals surface area contributed by atoms with Crippen molar-refractivity contribution in [3.05, 3.63) is 29.8 Å². The number of hydrazine groups is 1. The van der Waals surface area contributed by atoms with E-state index in [-0.39, 0.29) is 11.8 Å². The summed E-state index contributed by atoms with van der Waals surface area (Å²) in [5, 5.41) is 2.67. The van der Waals surface area contributed by atoms with Gasteiger partial charge in [0.1, 0.15) is 6.04 Å². The molecule has 0 heterocycles. The summed E-state index contributed by atoms with van der Waals surface area (Å²) in [7, 11) is 0. The summed E-state index contributed by atoms with van der Waals surface area (Å²) in [6.45, 7) is 7.39. The van der Waals surface area contributed by atoms with Crippen molar-refractivity contribution in [2.24, 2.45) is 5.92 Å². The first-order valence-corrected chi connectivity index (χ1v) is 6.78. The maximum Gasteiger partial charge on any atom is 0.260 e. The molecule has 0 saturated carbocycles. The van der Waals surface area contributed by atoms with Crippen LogP contribution in [0.5, 0.6) is 0 Å². The maximum absolute atomic E-state index is 12.1. The van der Waals surface area contributed by atoms with Crippen molar-refractivity contribution in [2.45, 2.75) is 40.2 Å². The second-order valence-corrected chi connectivity index (χ2v) is 5.31. The Labute approximate surface area is 120 Å². The standard InChI is InChI=1S/C15H23N3O2/c1-10(2)9-14(16-12(4)19)15(20)18-17-13-8-6-5-7-11(13)3/h5-8,10,14,17H,9H2,1-4H3,(H,16,19)(H,18,20)/t14-/m0/s1. The highest BCUT2D eigenvalue weighted by molar-refractivity contribution is 5.87. The predicted octanol–water partition coefficient (Wildman–Crippen LogP) is 1.99. The second kappa shape index (κ2) is 7.53. The topological polar surface area (TPSA) is 70.2 Å². The van der Waals surface area contributed by atoms with Crippen molar-refractivity contribution < 1.29 is 9.59 Å². The van der Waals surface area contributed by atoms with E-state index in [4.69, 9.17) is 0 Å². The molecule has 3 N–H and O–H groups in total. The Morgan fingerprint density at radius 3 is 2.40 bits per heavy atom. The molecule has 1 aromatic carbocycles. The van der Waals surface area contributed by atoms with Gasteiger partial charge in [0.25, 0.3) is 5.91 Å². The van der Waals surface area contributed by atoms with Gasteiger partial charge in [0.15, 0.2) is 0 Å². The summed E-state index contributed by atoms with van der Waals surface area (Å²) in [4.78, 5) is 23.3. The maximum atomic E-state index is 12.1. The summed E-state index contributed by atoms with van der Waals surface area (Å²) in [6, 6.07) is 7.13. The van der Waals surface area contributed by atoms with Crippen molar-refractivity contribution in [1.29, 1.82) is 0 Å². The molecular weight excluding hydrogens is 254 g/mol. The lowest BCUT2D eigenvalue weighted by molar-refractivity contribution is -0.128. The van der Waals surface area contributed by atoms with E-state index in [9.17, 15) is 9.59 Å². The number of hydrogen-bond acceptors (Lipinski definition) is 3. The first-order valence-electron chi connectivity index (χ1n) is 6.78. The average Bonchev–Trinajstić information content (AvgIpc) is 2.35. The van der Waals surface area contributed by atoms with E-state index in [1.807, 2.05) is 45.0 Å². The molecule has 0 radical (unpaired) electrons. The number of nitrogens with one attached hydrogen (secondary N) is 3. The third-order valence-electron chi connectivity index (χ3n) is 2.87. The van der Waals surface area contributed by atoms with Crippen LogP contribution in [-0.2, 0) is 9.59 Å². The third kappa shape index (κ3) is 5.30. The van der Waals surface area contributed by atoms with Crippen molar-refractivity contribution in [3.63, 3.8) is 0 Å². The molecule has 0 spiro atoms. The molecule has 0 aromatic heterocycles. The molecule has 5 nitrogen and oxygen atoms in total. The highest BCUT2D eigenvalue weighted by Gasteiger charge is 2.20. The Hall–Kier alpha value is -2.04. The predicted molar refractivity (Wildman–Crippen MR) is 80.0 cm³/mol. The highest BCUT2D eigenvalue weighted by atomic mass is 16.2. The second-order valence-electron chi connectivity index (χ2n) is 5.31. The number of rotatable bonds is 6. The van der Waals surface area contributed by atoms with Gasteiger partial charge in [0.05, 0.1) is 5.69 Å². The quantitative estimate of drug-likeness (QED) is 0.696. The van der Waals surface area contributed by atoms with Gasteiger partial charge >= 0.3 is 0 Å². The number of aryl methyl sites for hydroxylation is 1. The van der Waals surface area contributed by atoms with Crippen LogP contribution < -0.4 is 16.2 Å². The Bertz CT molecular complexity index is 472. The van der Waals surface area contributed by atoms with E-state index >= 15 is 0 Å². The Kier molecular flexibility index (Phi) is 6.03. The first kappa shape index (κ1) is 16.0. The molecule has 20 heavy (non-hydrogen) atoms. The van der Waals surface area contributed by atoms with Gasteiger partial charge in [-0.05, 0) is 30.9 Å². The monoisotopic (exact) mass is 277 g/mol. The molecule has 110 valence electrons. The van der Waals surface area contributed by atoms with Crippen molar-refractivity contribution >= 4 is 17.5 Å². The first-order chi connectivity index (χ1) is 9.40. The fourth-order valence-electron chi connectivity index (χ4n) is 1.88.